The number of hydrogen-bond donors (Lipinski definition) is 2. The van der Waals surface area contributed by atoms with Crippen molar-refractivity contribution in [3.8, 4) is 0 Å². The van der Waals surface area contributed by atoms with Crippen LogP contribution < -0.4 is 0 Å². The van der Waals surface area contributed by atoms with E-state index in [1.54, 1.807) is 0 Å². The van der Waals surface area contributed by atoms with Gasteiger partial charge in [0.05, 0.1) is 13.2 Å². The molecule has 0 spiro atoms. The predicted molar refractivity (Wildman–Crippen MR) is 196 cm³/mol. The molecule has 0 atom stereocenters. The van der Waals surface area contributed by atoms with Crippen LogP contribution >= 0.6 is 0 Å². The summed E-state index contributed by atoms with van der Waals surface area (Å²) in [5.74, 6) is 0. The standard InChI is InChI=1S/C18H38O4S.C16H34O4S.2Na/c1-2-3-4-5-6-7-8-9-10-11-12-13-14-15-16-17-18-22-23(19,20)21;1-2-3-4-5-6-7-8-9-10-11-12-13-14-15-16-20-21(17,18)19;;/h2-18H2,1H3,(H,19,20,21);2-16H2,1H3,(H,17,18,19);;. The second-order valence-corrected chi connectivity index (χ2v) is 14.6. The van der Waals surface area contributed by atoms with E-state index in [1.165, 1.54) is 154 Å². The minimum absolute atomic E-state index is 0. The van der Waals surface area contributed by atoms with Gasteiger partial charge < -0.3 is 0 Å². The molecule has 0 aromatic heterocycles. The zero-order valence-corrected chi connectivity index (χ0v) is 36.4. The first-order valence-corrected chi connectivity index (χ1v) is 21.1. The van der Waals surface area contributed by atoms with Gasteiger partial charge in [-0.1, -0.05) is 194 Å². The Hall–Kier alpha value is 1.74. The minimum Gasteiger partial charge on any atom is -0.264 e. The fraction of sp³-hybridized carbons (Fsp3) is 1.00. The summed E-state index contributed by atoms with van der Waals surface area (Å²) in [5, 5.41) is 0. The first kappa shape index (κ1) is 54.5. The third kappa shape index (κ3) is 58.0. The summed E-state index contributed by atoms with van der Waals surface area (Å²) in [5.41, 5.74) is 0. The van der Waals surface area contributed by atoms with Crippen LogP contribution in [-0.2, 0) is 29.2 Å². The second-order valence-electron chi connectivity index (χ2n) is 12.4. The molecule has 0 aliphatic heterocycles. The van der Waals surface area contributed by atoms with Gasteiger partial charge in [0.15, 0.2) is 0 Å². The van der Waals surface area contributed by atoms with Crippen LogP contribution in [-0.4, -0.2) is 98.3 Å². The van der Waals surface area contributed by atoms with Crippen molar-refractivity contribution >= 4 is 79.9 Å². The SMILES string of the molecule is CCCCCCCCCCCCCCCCCCOS(=O)(=O)O.CCCCCCCCCCCCCCCCOS(=O)(=O)O.[Na].[Na]. The number of hydrogen-bond acceptors (Lipinski definition) is 6. The van der Waals surface area contributed by atoms with Crippen molar-refractivity contribution in [2.24, 2.45) is 0 Å². The smallest absolute Gasteiger partial charge is 0.264 e. The molecule has 0 heterocycles. The molecule has 0 aliphatic rings. The summed E-state index contributed by atoms with van der Waals surface area (Å²) < 4.78 is 66.6. The van der Waals surface area contributed by atoms with E-state index in [1.807, 2.05) is 0 Å². The maximum atomic E-state index is 10.3. The Morgan fingerprint density at radius 1 is 0.326 bits per heavy atom. The van der Waals surface area contributed by atoms with Crippen LogP contribution in [0.3, 0.4) is 0 Å². The molecule has 8 nitrogen and oxygen atoms in total. The molecule has 270 valence electrons. The fourth-order valence-corrected chi connectivity index (χ4v) is 5.93. The molecule has 0 aliphatic carbocycles. The quantitative estimate of drug-likeness (QED) is 0.0382. The Labute approximate surface area is 331 Å². The maximum Gasteiger partial charge on any atom is 0.397 e. The molecular formula is C34H72Na2O8S2. The molecule has 0 fully saturated rings. The molecule has 0 rings (SSSR count). The van der Waals surface area contributed by atoms with Gasteiger partial charge in [-0.15, -0.1) is 0 Å². The van der Waals surface area contributed by atoms with Crippen molar-refractivity contribution < 1.29 is 34.3 Å². The molecule has 0 aromatic carbocycles. The summed E-state index contributed by atoms with van der Waals surface area (Å²) in [7, 11) is -8.49. The first-order chi connectivity index (χ1) is 21.1. The van der Waals surface area contributed by atoms with Crippen LogP contribution in [0.2, 0.25) is 0 Å². The van der Waals surface area contributed by atoms with Crippen molar-refractivity contribution in [1.29, 1.82) is 0 Å². The Kier molecular flexibility index (Phi) is 50.8. The monoisotopic (exact) mass is 718 g/mol. The largest absolute Gasteiger partial charge is 0.397 e. The second kappa shape index (κ2) is 42.9. The van der Waals surface area contributed by atoms with E-state index in [-0.39, 0.29) is 72.3 Å². The Morgan fingerprint density at radius 2 is 0.478 bits per heavy atom. The minimum atomic E-state index is -4.24. The molecule has 46 heavy (non-hydrogen) atoms. The number of unbranched alkanes of at least 4 members (excludes halogenated alkanes) is 28. The van der Waals surface area contributed by atoms with E-state index in [0.29, 0.717) is 12.8 Å². The zero-order valence-electron chi connectivity index (χ0n) is 30.8. The van der Waals surface area contributed by atoms with Crippen LogP contribution in [0, 0.1) is 0 Å². The van der Waals surface area contributed by atoms with E-state index in [0.717, 1.165) is 25.7 Å². The van der Waals surface area contributed by atoms with Crippen LogP contribution in [0.5, 0.6) is 0 Å². The maximum absolute atomic E-state index is 10.3. The van der Waals surface area contributed by atoms with Crippen LogP contribution in [0.15, 0.2) is 0 Å². The van der Waals surface area contributed by atoms with Crippen LogP contribution in [0.4, 0.5) is 0 Å². The van der Waals surface area contributed by atoms with Crippen LogP contribution in [0.1, 0.15) is 206 Å². The normalized spacial score (nSPS) is 11.4. The molecule has 0 aromatic rings. The van der Waals surface area contributed by atoms with Crippen LogP contribution in [0.25, 0.3) is 0 Å². The van der Waals surface area contributed by atoms with Gasteiger partial charge >= 0.3 is 20.8 Å². The van der Waals surface area contributed by atoms with Gasteiger partial charge in [-0.3, -0.25) is 9.11 Å². The van der Waals surface area contributed by atoms with Gasteiger partial charge in [0, 0.05) is 59.1 Å². The molecule has 12 heteroatoms. The zero-order chi connectivity index (χ0) is 33.0. The van der Waals surface area contributed by atoms with Crippen molar-refractivity contribution in [3.05, 3.63) is 0 Å². The topological polar surface area (TPSA) is 127 Å². The van der Waals surface area contributed by atoms with Gasteiger partial charge in [0.2, 0.25) is 0 Å². The van der Waals surface area contributed by atoms with Gasteiger partial charge in [0.1, 0.15) is 0 Å². The summed E-state index contributed by atoms with van der Waals surface area (Å²) in [6.07, 6.45) is 38.1. The van der Waals surface area contributed by atoms with Crippen molar-refractivity contribution in [2.45, 2.75) is 206 Å². The van der Waals surface area contributed by atoms with E-state index in [9.17, 15) is 16.8 Å². The van der Waals surface area contributed by atoms with E-state index in [4.69, 9.17) is 9.11 Å². The summed E-state index contributed by atoms with van der Waals surface area (Å²) in [6, 6.07) is 0. The van der Waals surface area contributed by atoms with E-state index >= 15 is 0 Å². The van der Waals surface area contributed by atoms with Gasteiger partial charge in [-0.05, 0) is 12.8 Å². The molecule has 0 amide bonds. The average Bonchev–Trinajstić information content (AvgIpc) is 2.96. The Bertz CT molecular complexity index is 769. The third-order valence-corrected chi connectivity index (χ3v) is 8.89. The first-order valence-electron chi connectivity index (χ1n) is 18.4. The number of rotatable bonds is 34. The summed E-state index contributed by atoms with van der Waals surface area (Å²) in [6.45, 7) is 4.70. The van der Waals surface area contributed by atoms with Crippen molar-refractivity contribution in [1.82, 2.24) is 0 Å². The van der Waals surface area contributed by atoms with Gasteiger partial charge in [-0.25, -0.2) is 8.37 Å². The predicted octanol–water partition coefficient (Wildman–Crippen LogP) is 10.6. The van der Waals surface area contributed by atoms with E-state index in [2.05, 4.69) is 22.2 Å². The molecule has 0 bridgehead atoms. The van der Waals surface area contributed by atoms with Gasteiger partial charge in [0.25, 0.3) is 0 Å². The average molecular weight is 719 g/mol. The van der Waals surface area contributed by atoms with Crippen molar-refractivity contribution in [3.63, 3.8) is 0 Å². The van der Waals surface area contributed by atoms with E-state index < -0.39 is 20.8 Å². The van der Waals surface area contributed by atoms with Crippen molar-refractivity contribution in [2.75, 3.05) is 13.2 Å². The molecule has 0 unspecified atom stereocenters. The molecule has 0 saturated heterocycles. The van der Waals surface area contributed by atoms with Gasteiger partial charge in [-0.2, -0.15) is 16.8 Å². The molecule has 2 radical (unpaired) electrons. The molecule has 2 N–H and O–H groups in total. The summed E-state index contributed by atoms with van der Waals surface area (Å²) >= 11 is 0. The Morgan fingerprint density at radius 3 is 0.630 bits per heavy atom. The Balaban J connectivity index is -0.000000369. The molecular weight excluding hydrogens is 646 g/mol. The molecule has 0 saturated carbocycles. The summed E-state index contributed by atoms with van der Waals surface area (Å²) in [4.78, 5) is 0. The fourth-order valence-electron chi connectivity index (χ4n) is 5.28. The third-order valence-electron chi connectivity index (χ3n) is 7.96.